The maximum Gasteiger partial charge on any atom is 0.225 e. The molecule has 25 heavy (non-hydrogen) atoms. The van der Waals surface area contributed by atoms with Gasteiger partial charge in [-0.3, -0.25) is 4.79 Å². The van der Waals surface area contributed by atoms with E-state index in [-0.39, 0.29) is 11.8 Å². The fraction of sp³-hybridized carbons (Fsp3) is 0.381. The summed E-state index contributed by atoms with van der Waals surface area (Å²) in [6.45, 7) is 3.86. The number of ether oxygens (including phenoxy) is 1. The summed E-state index contributed by atoms with van der Waals surface area (Å²) in [4.78, 5) is 14.5. The van der Waals surface area contributed by atoms with Crippen molar-refractivity contribution in [1.82, 2.24) is 5.32 Å². The molecule has 130 valence electrons. The lowest BCUT2D eigenvalue weighted by molar-refractivity contribution is -0.125. The molecule has 4 nitrogen and oxygen atoms in total. The van der Waals surface area contributed by atoms with Gasteiger partial charge >= 0.3 is 0 Å². The Labute approximate surface area is 148 Å². The van der Waals surface area contributed by atoms with E-state index in [0.717, 1.165) is 31.5 Å². The number of nitrogens with zero attached hydrogens (tertiary/aromatic N) is 1. The lowest BCUT2D eigenvalue weighted by atomic mass is 10.1. The first-order valence-corrected chi connectivity index (χ1v) is 9.06. The zero-order valence-corrected chi connectivity index (χ0v) is 14.4. The molecule has 0 aromatic heterocycles. The molecule has 0 aliphatic carbocycles. The zero-order valence-electron chi connectivity index (χ0n) is 14.4. The van der Waals surface area contributed by atoms with Crippen LogP contribution in [0.5, 0.6) is 0 Å². The molecule has 0 bridgehead atoms. The van der Waals surface area contributed by atoms with E-state index in [1.165, 1.54) is 16.8 Å². The molecule has 4 rings (SSSR count). The minimum absolute atomic E-state index is 0.0227. The summed E-state index contributed by atoms with van der Waals surface area (Å²) in [5.41, 5.74) is 5.24. The third kappa shape index (κ3) is 3.69. The molecule has 4 heteroatoms. The fourth-order valence-corrected chi connectivity index (χ4v) is 3.63. The summed E-state index contributed by atoms with van der Waals surface area (Å²) in [5.74, 6) is 0.129. The van der Waals surface area contributed by atoms with Gasteiger partial charge in [-0.25, -0.2) is 0 Å². The van der Waals surface area contributed by atoms with Gasteiger partial charge in [0, 0.05) is 31.9 Å². The van der Waals surface area contributed by atoms with Crippen molar-refractivity contribution in [2.24, 2.45) is 5.92 Å². The van der Waals surface area contributed by atoms with Crippen LogP contribution in [0.4, 0.5) is 5.69 Å². The maximum atomic E-state index is 12.0. The Kier molecular flexibility index (Phi) is 4.70. The first kappa shape index (κ1) is 16.2. The number of para-hydroxylation sites is 1. The number of carbonyl (C=O) groups is 1. The number of benzene rings is 2. The summed E-state index contributed by atoms with van der Waals surface area (Å²) in [7, 11) is 0. The zero-order chi connectivity index (χ0) is 17.1. The normalized spacial score (nSPS) is 19.0. The summed E-state index contributed by atoms with van der Waals surface area (Å²) in [5, 5.41) is 3.02. The first-order chi connectivity index (χ1) is 12.3. The van der Waals surface area contributed by atoms with E-state index in [9.17, 15) is 4.79 Å². The Morgan fingerprint density at radius 2 is 1.92 bits per heavy atom. The number of anilines is 1. The second-order valence-electron chi connectivity index (χ2n) is 6.90. The average molecular weight is 336 g/mol. The minimum atomic E-state index is 0.0227. The van der Waals surface area contributed by atoms with Crippen molar-refractivity contribution >= 4 is 11.6 Å². The van der Waals surface area contributed by atoms with Crippen LogP contribution < -0.4 is 10.2 Å². The van der Waals surface area contributed by atoms with E-state index >= 15 is 0 Å². The minimum Gasteiger partial charge on any atom is -0.381 e. The van der Waals surface area contributed by atoms with Gasteiger partial charge in [0.2, 0.25) is 5.91 Å². The maximum absolute atomic E-state index is 12.0. The van der Waals surface area contributed by atoms with Gasteiger partial charge in [-0.05, 0) is 35.6 Å². The Hall–Kier alpha value is -2.33. The summed E-state index contributed by atoms with van der Waals surface area (Å²) >= 11 is 0. The van der Waals surface area contributed by atoms with Gasteiger partial charge in [-0.2, -0.15) is 0 Å². The predicted molar refractivity (Wildman–Crippen MR) is 98.4 cm³/mol. The predicted octanol–water partition coefficient (Wildman–Crippen LogP) is 2.90. The highest BCUT2D eigenvalue weighted by molar-refractivity contribution is 5.78. The molecule has 0 unspecified atom stereocenters. The highest BCUT2D eigenvalue weighted by Gasteiger charge is 2.23. The van der Waals surface area contributed by atoms with Crippen molar-refractivity contribution in [3.63, 3.8) is 0 Å². The second kappa shape index (κ2) is 7.28. The molecule has 2 aliphatic heterocycles. The number of fused-ring (bicyclic) bond motifs is 1. The van der Waals surface area contributed by atoms with Crippen LogP contribution in [0, 0.1) is 5.92 Å². The van der Waals surface area contributed by atoms with Crippen LogP contribution in [0.25, 0.3) is 0 Å². The number of nitrogens with one attached hydrogen (secondary N) is 1. The molecule has 1 N–H and O–H groups in total. The first-order valence-electron chi connectivity index (χ1n) is 9.06. The van der Waals surface area contributed by atoms with Crippen LogP contribution in [0.2, 0.25) is 0 Å². The van der Waals surface area contributed by atoms with Crippen LogP contribution in [-0.2, 0) is 29.0 Å². The Balaban J connectivity index is 1.32. The molecule has 2 heterocycles. The van der Waals surface area contributed by atoms with Crippen molar-refractivity contribution in [1.29, 1.82) is 0 Å². The number of amides is 1. The molecule has 1 amide bonds. The van der Waals surface area contributed by atoms with Crippen molar-refractivity contribution < 1.29 is 9.53 Å². The van der Waals surface area contributed by atoms with Gasteiger partial charge in [-0.15, -0.1) is 0 Å². The highest BCUT2D eigenvalue weighted by atomic mass is 16.5. The molecule has 1 fully saturated rings. The third-order valence-electron chi connectivity index (χ3n) is 5.15. The smallest absolute Gasteiger partial charge is 0.225 e. The number of hydrogen-bond acceptors (Lipinski definition) is 3. The highest BCUT2D eigenvalue weighted by Crippen LogP contribution is 2.28. The van der Waals surface area contributed by atoms with Crippen LogP contribution in [0.3, 0.4) is 0 Å². The average Bonchev–Trinajstić information content (AvgIpc) is 3.32. The number of hydrogen-bond donors (Lipinski definition) is 1. The van der Waals surface area contributed by atoms with E-state index in [1.807, 2.05) is 0 Å². The molecule has 1 atom stereocenters. The fourth-order valence-electron chi connectivity index (χ4n) is 3.63. The number of rotatable bonds is 5. The lowest BCUT2D eigenvalue weighted by Crippen LogP contribution is -2.30. The van der Waals surface area contributed by atoms with Crippen molar-refractivity contribution in [3.05, 3.63) is 65.2 Å². The summed E-state index contributed by atoms with van der Waals surface area (Å²) < 4.78 is 5.27. The van der Waals surface area contributed by atoms with Crippen molar-refractivity contribution in [2.45, 2.75) is 25.9 Å². The molecule has 0 spiro atoms. The quantitative estimate of drug-likeness (QED) is 0.913. The van der Waals surface area contributed by atoms with Gasteiger partial charge in [0.1, 0.15) is 0 Å². The Morgan fingerprint density at radius 3 is 2.72 bits per heavy atom. The van der Waals surface area contributed by atoms with Crippen LogP contribution >= 0.6 is 0 Å². The SMILES string of the molecule is O=C(NCc1ccc(CN2CCc3ccccc32)cc1)[C@@H]1CCOC1. The Morgan fingerprint density at radius 1 is 1.12 bits per heavy atom. The topological polar surface area (TPSA) is 41.6 Å². The molecule has 1 saturated heterocycles. The van der Waals surface area contributed by atoms with Gasteiger partial charge in [-0.1, -0.05) is 42.5 Å². The van der Waals surface area contributed by atoms with Gasteiger partial charge in [0.25, 0.3) is 0 Å². The van der Waals surface area contributed by atoms with Crippen LogP contribution in [-0.4, -0.2) is 25.7 Å². The van der Waals surface area contributed by atoms with Gasteiger partial charge in [0.05, 0.1) is 12.5 Å². The summed E-state index contributed by atoms with van der Waals surface area (Å²) in [6.07, 6.45) is 1.97. The molecular formula is C21H24N2O2. The van der Waals surface area contributed by atoms with Crippen molar-refractivity contribution in [2.75, 3.05) is 24.7 Å². The summed E-state index contributed by atoms with van der Waals surface area (Å²) in [6, 6.07) is 17.2. The largest absolute Gasteiger partial charge is 0.381 e. The van der Waals surface area contributed by atoms with E-state index in [4.69, 9.17) is 4.74 Å². The standard InChI is InChI=1S/C21H24N2O2/c24-21(19-10-12-25-15-19)22-13-16-5-7-17(8-6-16)14-23-11-9-18-3-1-2-4-20(18)23/h1-8,19H,9-15H2,(H,22,24)/t19-/m1/s1. The molecule has 2 aromatic carbocycles. The van der Waals surface area contributed by atoms with E-state index < -0.39 is 0 Å². The lowest BCUT2D eigenvalue weighted by Gasteiger charge is -2.19. The van der Waals surface area contributed by atoms with E-state index in [2.05, 4.69) is 58.7 Å². The number of carbonyl (C=O) groups excluding carboxylic acids is 1. The van der Waals surface area contributed by atoms with Gasteiger partial charge in [0.15, 0.2) is 0 Å². The molecular weight excluding hydrogens is 312 g/mol. The van der Waals surface area contributed by atoms with Crippen LogP contribution in [0.15, 0.2) is 48.5 Å². The molecule has 2 aliphatic rings. The molecule has 0 radical (unpaired) electrons. The van der Waals surface area contributed by atoms with Crippen LogP contribution in [0.1, 0.15) is 23.1 Å². The monoisotopic (exact) mass is 336 g/mol. The molecule has 0 saturated carbocycles. The van der Waals surface area contributed by atoms with Crippen molar-refractivity contribution in [3.8, 4) is 0 Å². The third-order valence-corrected chi connectivity index (χ3v) is 5.15. The molecule has 2 aromatic rings. The van der Waals surface area contributed by atoms with E-state index in [1.54, 1.807) is 0 Å². The second-order valence-corrected chi connectivity index (χ2v) is 6.90. The van der Waals surface area contributed by atoms with Gasteiger partial charge < -0.3 is 15.0 Å². The Bertz CT molecular complexity index is 736. The van der Waals surface area contributed by atoms with E-state index in [0.29, 0.717) is 19.8 Å².